The van der Waals surface area contributed by atoms with E-state index in [1.54, 1.807) is 18.2 Å². The van der Waals surface area contributed by atoms with E-state index in [2.05, 4.69) is 10.3 Å². The summed E-state index contributed by atoms with van der Waals surface area (Å²) in [7, 11) is 1.38. The van der Waals surface area contributed by atoms with Crippen LogP contribution in [0.2, 0.25) is 0 Å². The van der Waals surface area contributed by atoms with Crippen molar-refractivity contribution in [3.63, 3.8) is 0 Å². The lowest BCUT2D eigenvalue weighted by Gasteiger charge is -2.05. The number of nitrogens with zero attached hydrogens (tertiary/aromatic N) is 3. The molecule has 0 spiro atoms. The van der Waals surface area contributed by atoms with Gasteiger partial charge in [-0.3, -0.25) is 0 Å². The van der Waals surface area contributed by atoms with Crippen molar-refractivity contribution in [3.8, 4) is 22.7 Å². The van der Waals surface area contributed by atoms with Crippen LogP contribution in [0.1, 0.15) is 0 Å². The quantitative estimate of drug-likeness (QED) is 0.808. The van der Waals surface area contributed by atoms with Crippen molar-refractivity contribution in [2.45, 2.75) is 0 Å². The summed E-state index contributed by atoms with van der Waals surface area (Å²) in [6, 6.07) is 10.1. The Morgan fingerprint density at radius 1 is 1.14 bits per heavy atom. The zero-order chi connectivity index (χ0) is 15.7. The number of hydrogen-bond donors (Lipinski definition) is 1. The van der Waals surface area contributed by atoms with Crippen molar-refractivity contribution in [2.24, 2.45) is 0 Å². The number of benzene rings is 2. The Balaban J connectivity index is 2.05. The maximum absolute atomic E-state index is 13.8. The van der Waals surface area contributed by atoms with Gasteiger partial charge in [0.25, 0.3) is 0 Å². The topological polar surface area (TPSA) is 66.0 Å². The second-order valence-electron chi connectivity index (χ2n) is 4.56. The number of rotatable bonds is 3. The second-order valence-corrected chi connectivity index (χ2v) is 4.56. The summed E-state index contributed by atoms with van der Waals surface area (Å²) in [4.78, 5) is 0. The molecule has 0 aliphatic carbocycles. The van der Waals surface area contributed by atoms with Crippen LogP contribution >= 0.6 is 0 Å². The van der Waals surface area contributed by atoms with Crippen molar-refractivity contribution in [1.29, 1.82) is 0 Å². The zero-order valence-corrected chi connectivity index (χ0v) is 11.6. The van der Waals surface area contributed by atoms with E-state index < -0.39 is 11.6 Å². The first kappa shape index (κ1) is 14.0. The van der Waals surface area contributed by atoms with Crippen molar-refractivity contribution < 1.29 is 13.5 Å². The van der Waals surface area contributed by atoms with E-state index >= 15 is 0 Å². The lowest BCUT2D eigenvalue weighted by molar-refractivity contribution is 0.386. The largest absolute Gasteiger partial charge is 0.494 e. The molecule has 0 bridgehead atoms. The monoisotopic (exact) mass is 302 g/mol. The molecule has 0 amide bonds. The van der Waals surface area contributed by atoms with Gasteiger partial charge in [0.15, 0.2) is 17.4 Å². The van der Waals surface area contributed by atoms with Crippen LogP contribution in [0.15, 0.2) is 42.5 Å². The molecule has 0 atom stereocenters. The van der Waals surface area contributed by atoms with E-state index in [0.717, 1.165) is 0 Å². The smallest absolute Gasteiger partial charge is 0.165 e. The average molecular weight is 302 g/mol. The second kappa shape index (κ2) is 5.44. The van der Waals surface area contributed by atoms with Crippen LogP contribution in [0.5, 0.6) is 5.75 Å². The number of nitrogen functional groups attached to an aromatic ring is 1. The number of ether oxygens (including phenoxy) is 1. The van der Waals surface area contributed by atoms with Gasteiger partial charge in [0.2, 0.25) is 0 Å². The van der Waals surface area contributed by atoms with E-state index in [9.17, 15) is 8.78 Å². The van der Waals surface area contributed by atoms with Gasteiger partial charge in [0.1, 0.15) is 11.5 Å². The fourth-order valence-corrected chi connectivity index (χ4v) is 2.11. The minimum Gasteiger partial charge on any atom is -0.494 e. The van der Waals surface area contributed by atoms with Gasteiger partial charge in [-0.15, -0.1) is 5.10 Å². The van der Waals surface area contributed by atoms with Gasteiger partial charge < -0.3 is 10.5 Å². The zero-order valence-electron chi connectivity index (χ0n) is 11.6. The fraction of sp³-hybridized carbons (Fsp3) is 0.0667. The first-order chi connectivity index (χ1) is 10.6. The Morgan fingerprint density at radius 2 is 1.95 bits per heavy atom. The molecule has 1 heterocycles. The van der Waals surface area contributed by atoms with Crippen LogP contribution in [0.4, 0.5) is 14.6 Å². The number of aromatic nitrogens is 3. The van der Waals surface area contributed by atoms with Crippen molar-refractivity contribution in [3.05, 3.63) is 54.1 Å². The molecule has 0 aliphatic rings. The molecule has 3 aromatic rings. The molecule has 0 saturated carbocycles. The summed E-state index contributed by atoms with van der Waals surface area (Å²) < 4.78 is 33.2. The summed E-state index contributed by atoms with van der Waals surface area (Å²) in [5, 5.41) is 7.84. The van der Waals surface area contributed by atoms with Gasteiger partial charge in [-0.1, -0.05) is 11.3 Å². The SMILES string of the molecule is COc1ccc(-c2nnn(-c3cccc(F)c3)c2N)cc1F. The van der Waals surface area contributed by atoms with Gasteiger partial charge in [0.05, 0.1) is 12.8 Å². The highest BCUT2D eigenvalue weighted by Gasteiger charge is 2.15. The highest BCUT2D eigenvalue weighted by Crippen LogP contribution is 2.28. The molecular weight excluding hydrogens is 290 g/mol. The van der Waals surface area contributed by atoms with E-state index in [-0.39, 0.29) is 11.6 Å². The molecule has 0 unspecified atom stereocenters. The Labute approximate surface area is 124 Å². The Hall–Kier alpha value is -2.96. The molecule has 22 heavy (non-hydrogen) atoms. The van der Waals surface area contributed by atoms with E-state index in [4.69, 9.17) is 10.5 Å². The van der Waals surface area contributed by atoms with Gasteiger partial charge in [0, 0.05) is 5.56 Å². The summed E-state index contributed by atoms with van der Waals surface area (Å²) in [6.07, 6.45) is 0. The van der Waals surface area contributed by atoms with Crippen molar-refractivity contribution in [1.82, 2.24) is 15.0 Å². The minimum atomic E-state index is -0.528. The third kappa shape index (κ3) is 2.37. The number of methoxy groups -OCH3 is 1. The molecule has 2 N–H and O–H groups in total. The fourth-order valence-electron chi connectivity index (χ4n) is 2.11. The maximum atomic E-state index is 13.8. The normalized spacial score (nSPS) is 10.7. The van der Waals surface area contributed by atoms with Gasteiger partial charge in [-0.25, -0.2) is 8.78 Å². The lowest BCUT2D eigenvalue weighted by atomic mass is 10.1. The average Bonchev–Trinajstić information content (AvgIpc) is 2.89. The molecule has 3 rings (SSSR count). The molecule has 1 aromatic heterocycles. The summed E-state index contributed by atoms with van der Waals surface area (Å²) in [5.74, 6) is -0.626. The molecule has 0 saturated heterocycles. The van der Waals surface area contributed by atoms with Crippen LogP contribution in [0.3, 0.4) is 0 Å². The van der Waals surface area contributed by atoms with Crippen molar-refractivity contribution >= 4 is 5.82 Å². The number of halogens is 2. The van der Waals surface area contributed by atoms with E-state index in [1.807, 2.05) is 0 Å². The van der Waals surface area contributed by atoms with Gasteiger partial charge in [-0.2, -0.15) is 4.68 Å². The number of hydrogen-bond acceptors (Lipinski definition) is 4. The van der Waals surface area contributed by atoms with Crippen LogP contribution in [-0.4, -0.2) is 22.1 Å². The molecule has 2 aromatic carbocycles. The van der Waals surface area contributed by atoms with E-state index in [1.165, 1.54) is 36.1 Å². The summed E-state index contributed by atoms with van der Waals surface area (Å²) in [5.41, 5.74) is 7.20. The molecule has 0 fully saturated rings. The lowest BCUT2D eigenvalue weighted by Crippen LogP contribution is -2.02. The Kier molecular flexibility index (Phi) is 3.46. The first-order valence-electron chi connectivity index (χ1n) is 6.41. The van der Waals surface area contributed by atoms with Crippen LogP contribution in [0, 0.1) is 11.6 Å². The first-order valence-corrected chi connectivity index (χ1v) is 6.41. The predicted octanol–water partition coefficient (Wildman–Crippen LogP) is 2.80. The van der Waals surface area contributed by atoms with Crippen LogP contribution < -0.4 is 10.5 Å². The molecular formula is C15H12F2N4O. The molecule has 112 valence electrons. The summed E-state index contributed by atoms with van der Waals surface area (Å²) >= 11 is 0. The van der Waals surface area contributed by atoms with Gasteiger partial charge in [-0.05, 0) is 36.4 Å². The van der Waals surface area contributed by atoms with Crippen LogP contribution in [-0.2, 0) is 0 Å². The summed E-state index contributed by atoms with van der Waals surface area (Å²) in [6.45, 7) is 0. The molecule has 5 nitrogen and oxygen atoms in total. The Bertz CT molecular complexity index is 832. The van der Waals surface area contributed by atoms with Crippen LogP contribution in [0.25, 0.3) is 16.9 Å². The van der Waals surface area contributed by atoms with Gasteiger partial charge >= 0.3 is 0 Å². The molecule has 7 heteroatoms. The molecule has 0 radical (unpaired) electrons. The number of anilines is 1. The van der Waals surface area contributed by atoms with E-state index in [0.29, 0.717) is 16.9 Å². The maximum Gasteiger partial charge on any atom is 0.165 e. The Morgan fingerprint density at radius 3 is 2.64 bits per heavy atom. The predicted molar refractivity (Wildman–Crippen MR) is 77.7 cm³/mol. The third-order valence-corrected chi connectivity index (χ3v) is 3.18. The van der Waals surface area contributed by atoms with Crippen molar-refractivity contribution in [2.75, 3.05) is 12.8 Å². The molecule has 0 aliphatic heterocycles. The standard InChI is InChI=1S/C15H12F2N4O/c1-22-13-6-5-9(7-12(13)17)14-15(18)21(20-19-14)11-4-2-3-10(16)8-11/h2-8H,18H2,1H3. The third-order valence-electron chi connectivity index (χ3n) is 3.18. The minimum absolute atomic E-state index is 0.125. The number of nitrogens with two attached hydrogens (primary N) is 1. The highest BCUT2D eigenvalue weighted by atomic mass is 19.1. The highest BCUT2D eigenvalue weighted by molar-refractivity contribution is 5.71.